The molecule has 96 valence electrons. The summed E-state index contributed by atoms with van der Waals surface area (Å²) < 4.78 is 0. The zero-order chi connectivity index (χ0) is 12.6. The Morgan fingerprint density at radius 1 is 1.19 bits per heavy atom. The van der Waals surface area contributed by atoms with E-state index in [4.69, 9.17) is 0 Å². The van der Waals surface area contributed by atoms with Crippen LogP contribution < -0.4 is 5.32 Å². The van der Waals surface area contributed by atoms with Gasteiger partial charge in [0.15, 0.2) is 0 Å². The van der Waals surface area contributed by atoms with Gasteiger partial charge in [-0.2, -0.15) is 0 Å². The number of rotatable bonds is 8. The topological polar surface area (TPSA) is 32.3 Å². The molecule has 0 radical (unpaired) electrons. The average Bonchev–Trinajstić information content (AvgIpc) is 2.21. The van der Waals surface area contributed by atoms with E-state index in [0.717, 1.165) is 25.6 Å². The van der Waals surface area contributed by atoms with Crippen LogP contribution >= 0.6 is 0 Å². The Hall–Kier alpha value is -0.570. The molecule has 3 nitrogen and oxygen atoms in total. The molecule has 0 atom stereocenters. The number of hydrogen-bond donors (Lipinski definition) is 1. The molecule has 0 aliphatic heterocycles. The summed E-state index contributed by atoms with van der Waals surface area (Å²) in [7, 11) is 1.87. The number of hydrogen-bond acceptors (Lipinski definition) is 2. The van der Waals surface area contributed by atoms with Crippen LogP contribution in [0.5, 0.6) is 0 Å². The zero-order valence-corrected chi connectivity index (χ0v) is 11.5. The molecule has 0 bridgehead atoms. The second-order valence-electron chi connectivity index (χ2n) is 5.20. The summed E-state index contributed by atoms with van der Waals surface area (Å²) in [6.07, 6.45) is 2.49. The Morgan fingerprint density at radius 2 is 1.81 bits per heavy atom. The molecule has 0 aliphatic rings. The molecule has 1 N–H and O–H groups in total. The first-order valence-corrected chi connectivity index (χ1v) is 6.40. The van der Waals surface area contributed by atoms with E-state index >= 15 is 0 Å². The van der Waals surface area contributed by atoms with Crippen LogP contribution in [0, 0.1) is 11.8 Å². The minimum Gasteiger partial charge on any atom is -0.344 e. The summed E-state index contributed by atoms with van der Waals surface area (Å²) in [4.78, 5) is 13.4. The molecule has 0 aromatic carbocycles. The van der Waals surface area contributed by atoms with E-state index in [1.54, 1.807) is 4.90 Å². The Kier molecular flexibility index (Phi) is 8.26. The van der Waals surface area contributed by atoms with Crippen LogP contribution in [0.15, 0.2) is 0 Å². The zero-order valence-electron chi connectivity index (χ0n) is 11.5. The van der Waals surface area contributed by atoms with Gasteiger partial charge < -0.3 is 10.2 Å². The lowest BCUT2D eigenvalue weighted by Gasteiger charge is -2.19. The second kappa shape index (κ2) is 8.57. The molecule has 0 aromatic heterocycles. The molecular weight excluding hydrogens is 200 g/mol. The lowest BCUT2D eigenvalue weighted by atomic mass is 10.1. The van der Waals surface area contributed by atoms with Crippen LogP contribution in [0.3, 0.4) is 0 Å². The van der Waals surface area contributed by atoms with Crippen molar-refractivity contribution < 1.29 is 4.79 Å². The van der Waals surface area contributed by atoms with Crippen LogP contribution in [0.25, 0.3) is 0 Å². The van der Waals surface area contributed by atoms with Crippen molar-refractivity contribution in [2.45, 2.75) is 40.5 Å². The highest BCUT2D eigenvalue weighted by molar-refractivity contribution is 5.77. The molecule has 0 unspecified atom stereocenters. The third-order valence-electron chi connectivity index (χ3n) is 2.63. The number of carbonyl (C=O) groups excluding carboxylic acids is 1. The van der Waals surface area contributed by atoms with Crippen LogP contribution in [0.2, 0.25) is 0 Å². The summed E-state index contributed by atoms with van der Waals surface area (Å²) in [5.41, 5.74) is 0. The quantitative estimate of drug-likeness (QED) is 0.645. The summed E-state index contributed by atoms with van der Waals surface area (Å²) in [6, 6.07) is 0. The number of likely N-dealkylation sites (N-methyl/N-ethyl adjacent to an activating group) is 1. The van der Waals surface area contributed by atoms with Gasteiger partial charge >= 0.3 is 0 Å². The molecule has 0 rings (SSSR count). The van der Waals surface area contributed by atoms with Gasteiger partial charge in [0.25, 0.3) is 0 Å². The van der Waals surface area contributed by atoms with Gasteiger partial charge in [0.1, 0.15) is 0 Å². The van der Waals surface area contributed by atoms with Crippen molar-refractivity contribution in [1.29, 1.82) is 0 Å². The Morgan fingerprint density at radius 3 is 2.31 bits per heavy atom. The number of amides is 1. The smallest absolute Gasteiger partial charge is 0.224 e. The highest BCUT2D eigenvalue weighted by atomic mass is 16.2. The van der Waals surface area contributed by atoms with Crippen molar-refractivity contribution in [2.24, 2.45) is 11.8 Å². The SMILES string of the molecule is CC(C)CCCNCCN(C)C(=O)C(C)C. The molecule has 0 heterocycles. The number of carbonyl (C=O) groups is 1. The standard InChI is InChI=1S/C13H28N2O/c1-11(2)7-6-8-14-9-10-15(5)13(16)12(3)4/h11-12,14H,6-10H2,1-5H3. The minimum atomic E-state index is 0.103. The van der Waals surface area contributed by atoms with Crippen molar-refractivity contribution >= 4 is 5.91 Å². The molecule has 16 heavy (non-hydrogen) atoms. The first kappa shape index (κ1) is 15.4. The summed E-state index contributed by atoms with van der Waals surface area (Å²) >= 11 is 0. The van der Waals surface area contributed by atoms with Gasteiger partial charge in [-0.15, -0.1) is 0 Å². The molecule has 0 saturated heterocycles. The van der Waals surface area contributed by atoms with Gasteiger partial charge in [-0.25, -0.2) is 0 Å². The van der Waals surface area contributed by atoms with Gasteiger partial charge in [0, 0.05) is 26.1 Å². The van der Waals surface area contributed by atoms with Gasteiger partial charge in [-0.1, -0.05) is 27.7 Å². The lowest BCUT2D eigenvalue weighted by molar-refractivity contribution is -0.133. The van der Waals surface area contributed by atoms with Crippen LogP contribution in [-0.2, 0) is 4.79 Å². The van der Waals surface area contributed by atoms with Gasteiger partial charge in [0.2, 0.25) is 5.91 Å². The second-order valence-corrected chi connectivity index (χ2v) is 5.20. The van der Waals surface area contributed by atoms with Crippen molar-refractivity contribution in [3.8, 4) is 0 Å². The Bertz CT molecular complexity index is 190. The van der Waals surface area contributed by atoms with E-state index < -0.39 is 0 Å². The summed E-state index contributed by atoms with van der Waals surface area (Å²) in [5.74, 6) is 1.11. The van der Waals surface area contributed by atoms with E-state index in [1.807, 2.05) is 20.9 Å². The maximum absolute atomic E-state index is 11.6. The van der Waals surface area contributed by atoms with Crippen molar-refractivity contribution in [3.63, 3.8) is 0 Å². The molecule has 0 spiro atoms. The molecule has 0 fully saturated rings. The maximum Gasteiger partial charge on any atom is 0.224 e. The summed E-state index contributed by atoms with van der Waals surface area (Å²) in [5, 5.41) is 3.37. The normalized spacial score (nSPS) is 11.2. The van der Waals surface area contributed by atoms with Crippen molar-refractivity contribution in [1.82, 2.24) is 10.2 Å². The molecule has 0 aliphatic carbocycles. The van der Waals surface area contributed by atoms with Gasteiger partial charge in [-0.3, -0.25) is 4.79 Å². The third-order valence-corrected chi connectivity index (χ3v) is 2.63. The molecular formula is C13H28N2O. The molecule has 0 saturated carbocycles. The monoisotopic (exact) mass is 228 g/mol. The van der Waals surface area contributed by atoms with E-state index in [2.05, 4.69) is 19.2 Å². The maximum atomic E-state index is 11.6. The highest BCUT2D eigenvalue weighted by Crippen LogP contribution is 2.01. The lowest BCUT2D eigenvalue weighted by Crippen LogP contribution is -2.36. The average molecular weight is 228 g/mol. The first-order chi connectivity index (χ1) is 7.45. The Labute approximate surface area is 101 Å². The highest BCUT2D eigenvalue weighted by Gasteiger charge is 2.11. The Balaban J connectivity index is 3.41. The van der Waals surface area contributed by atoms with Crippen LogP contribution in [0.4, 0.5) is 0 Å². The van der Waals surface area contributed by atoms with E-state index in [9.17, 15) is 4.79 Å². The fourth-order valence-electron chi connectivity index (χ4n) is 1.56. The van der Waals surface area contributed by atoms with E-state index in [0.29, 0.717) is 0 Å². The predicted molar refractivity (Wildman–Crippen MR) is 69.4 cm³/mol. The molecule has 0 aromatic rings. The van der Waals surface area contributed by atoms with Gasteiger partial charge in [0.05, 0.1) is 0 Å². The van der Waals surface area contributed by atoms with Crippen molar-refractivity contribution in [2.75, 3.05) is 26.7 Å². The van der Waals surface area contributed by atoms with E-state index in [1.165, 1.54) is 12.8 Å². The van der Waals surface area contributed by atoms with Crippen LogP contribution in [0.1, 0.15) is 40.5 Å². The number of nitrogens with zero attached hydrogens (tertiary/aromatic N) is 1. The van der Waals surface area contributed by atoms with E-state index in [-0.39, 0.29) is 11.8 Å². The number of nitrogens with one attached hydrogen (secondary N) is 1. The van der Waals surface area contributed by atoms with Gasteiger partial charge in [-0.05, 0) is 25.3 Å². The third kappa shape index (κ3) is 7.69. The minimum absolute atomic E-state index is 0.103. The molecule has 1 amide bonds. The van der Waals surface area contributed by atoms with Crippen LogP contribution in [-0.4, -0.2) is 37.5 Å². The van der Waals surface area contributed by atoms with Crippen molar-refractivity contribution in [3.05, 3.63) is 0 Å². The predicted octanol–water partition coefficient (Wildman–Crippen LogP) is 2.13. The fraction of sp³-hybridized carbons (Fsp3) is 0.923. The fourth-order valence-corrected chi connectivity index (χ4v) is 1.56. The molecule has 3 heteroatoms. The first-order valence-electron chi connectivity index (χ1n) is 6.40. The largest absolute Gasteiger partial charge is 0.344 e. The summed E-state index contributed by atoms with van der Waals surface area (Å²) in [6.45, 7) is 11.1.